The molecule has 2 aliphatic heterocycles. The summed E-state index contributed by atoms with van der Waals surface area (Å²) in [5.41, 5.74) is 7.69. The minimum Gasteiger partial charge on any atom is -0.497 e. The van der Waals surface area contributed by atoms with Crippen molar-refractivity contribution >= 4 is 16.8 Å². The molecule has 0 aromatic heterocycles. The van der Waals surface area contributed by atoms with E-state index in [9.17, 15) is 0 Å². The molecule has 0 saturated heterocycles. The van der Waals surface area contributed by atoms with Gasteiger partial charge in [-0.05, 0) is 88.1 Å². The molecule has 0 radical (unpaired) electrons. The summed E-state index contributed by atoms with van der Waals surface area (Å²) < 4.78 is 37.9. The van der Waals surface area contributed by atoms with Crippen LogP contribution in [0.2, 0.25) is 0 Å². The van der Waals surface area contributed by atoms with Gasteiger partial charge in [0.1, 0.15) is 11.5 Å². The third-order valence-corrected chi connectivity index (χ3v) is 12.6. The van der Waals surface area contributed by atoms with Crippen molar-refractivity contribution in [2.75, 3.05) is 27.9 Å². The van der Waals surface area contributed by atoms with Crippen molar-refractivity contribution in [1.29, 1.82) is 0 Å². The Hall–Kier alpha value is -4.52. The molecule has 0 amide bonds. The zero-order valence-corrected chi connectivity index (χ0v) is 32.9. The van der Waals surface area contributed by atoms with E-state index < -0.39 is 11.9 Å². The summed E-state index contributed by atoms with van der Waals surface area (Å²) in [6.07, 6.45) is 14.8. The van der Waals surface area contributed by atoms with Gasteiger partial charge in [0.2, 0.25) is 6.29 Å². The van der Waals surface area contributed by atoms with Gasteiger partial charge in [0.25, 0.3) is 0 Å². The topological polar surface area (TPSA) is 55.4 Å². The van der Waals surface area contributed by atoms with Crippen LogP contribution in [-0.2, 0) is 20.5 Å². The van der Waals surface area contributed by atoms with Gasteiger partial charge in [-0.2, -0.15) is 0 Å². The molecule has 2 heterocycles. The molecule has 0 bridgehead atoms. The van der Waals surface area contributed by atoms with E-state index >= 15 is 0 Å². The van der Waals surface area contributed by atoms with Crippen molar-refractivity contribution in [3.63, 3.8) is 0 Å². The number of rotatable bonds is 5. The van der Waals surface area contributed by atoms with E-state index in [1.165, 1.54) is 28.7 Å². The Morgan fingerprint density at radius 2 is 1.54 bits per heavy atom. The average Bonchev–Trinajstić information content (AvgIpc) is 3.26. The van der Waals surface area contributed by atoms with E-state index in [0.29, 0.717) is 24.5 Å². The molecule has 4 aromatic rings. The van der Waals surface area contributed by atoms with Gasteiger partial charge >= 0.3 is 0 Å². The molecule has 0 N–H and O–H groups in total. The summed E-state index contributed by atoms with van der Waals surface area (Å²) in [6, 6.07) is 21.8. The molecule has 4 unspecified atom stereocenters. The molecule has 5 aliphatic rings. The van der Waals surface area contributed by atoms with Gasteiger partial charge < -0.3 is 28.4 Å². The van der Waals surface area contributed by atoms with E-state index in [-0.39, 0.29) is 28.3 Å². The summed E-state index contributed by atoms with van der Waals surface area (Å²) in [4.78, 5) is 0. The Morgan fingerprint density at radius 3 is 2.24 bits per heavy atom. The Bertz CT molecular complexity index is 2220. The first kappa shape index (κ1) is 35.2. The van der Waals surface area contributed by atoms with Crippen LogP contribution in [0.5, 0.6) is 23.0 Å². The van der Waals surface area contributed by atoms with Crippen molar-refractivity contribution in [2.45, 2.75) is 83.7 Å². The van der Waals surface area contributed by atoms with E-state index in [0.717, 1.165) is 51.8 Å². The highest BCUT2D eigenvalue weighted by Gasteiger charge is 2.55. The fourth-order valence-electron chi connectivity index (χ4n) is 11.2. The lowest BCUT2D eigenvalue weighted by Crippen LogP contribution is -2.44. The first-order valence-corrected chi connectivity index (χ1v) is 19.5. The van der Waals surface area contributed by atoms with E-state index in [2.05, 4.69) is 114 Å². The van der Waals surface area contributed by atoms with Crippen LogP contribution < -0.4 is 18.9 Å². The van der Waals surface area contributed by atoms with Crippen LogP contribution in [0.3, 0.4) is 0 Å². The number of methoxy groups -OCH3 is 3. The van der Waals surface area contributed by atoms with Gasteiger partial charge in [0.05, 0.1) is 19.8 Å². The first-order chi connectivity index (χ1) is 25.9. The van der Waals surface area contributed by atoms with Gasteiger partial charge in [-0.15, -0.1) is 0 Å². The standard InChI is InChI=1S/C48H52O6/c1-29-23-31(15-18-38(29)50-7)48(30-13-16-32(49-6)17-14-30)21-19-34-43-42(33-11-9-10-12-37(33)47(43)27-45(2,3)26-46(4,5)28-47)35-24-40-39(25-36(35)44(34)54-48)52-22-20-41(51-8)53-40/h9-19,21,23-25,29,38,41H,20,22,26-28H2,1-8H3. The van der Waals surface area contributed by atoms with E-state index in [4.69, 9.17) is 28.4 Å². The second-order valence-corrected chi connectivity index (χ2v) is 17.7. The Balaban J connectivity index is 1.37. The third kappa shape index (κ3) is 5.35. The lowest BCUT2D eigenvalue weighted by atomic mass is 9.52. The molecular weight excluding hydrogens is 673 g/mol. The summed E-state index contributed by atoms with van der Waals surface area (Å²) >= 11 is 0. The highest BCUT2D eigenvalue weighted by Crippen LogP contribution is 2.67. The summed E-state index contributed by atoms with van der Waals surface area (Å²) in [5.74, 6) is 3.22. The van der Waals surface area contributed by atoms with Gasteiger partial charge in [-0.25, -0.2) is 0 Å². The summed E-state index contributed by atoms with van der Waals surface area (Å²) in [6.45, 7) is 12.5. The van der Waals surface area contributed by atoms with Crippen molar-refractivity contribution in [1.82, 2.24) is 0 Å². The lowest BCUT2D eigenvalue weighted by Gasteiger charge is -2.52. The molecule has 1 saturated carbocycles. The normalized spacial score (nSPS) is 26.7. The van der Waals surface area contributed by atoms with Gasteiger partial charge in [0, 0.05) is 54.1 Å². The molecule has 54 heavy (non-hydrogen) atoms. The Morgan fingerprint density at radius 1 is 0.796 bits per heavy atom. The number of fused-ring (bicyclic) bond motifs is 11. The van der Waals surface area contributed by atoms with Crippen LogP contribution in [0.25, 0.3) is 28.0 Å². The maximum Gasteiger partial charge on any atom is 0.203 e. The predicted octanol–water partition coefficient (Wildman–Crippen LogP) is 10.9. The molecule has 6 heteroatoms. The largest absolute Gasteiger partial charge is 0.497 e. The van der Waals surface area contributed by atoms with Gasteiger partial charge in [-0.3, -0.25) is 0 Å². The zero-order valence-electron chi connectivity index (χ0n) is 32.9. The highest BCUT2D eigenvalue weighted by atomic mass is 16.7. The Kier molecular flexibility index (Phi) is 8.15. The molecule has 6 nitrogen and oxygen atoms in total. The minimum absolute atomic E-state index is 0.00877. The fraction of sp³-hybridized carbons (Fsp3) is 0.417. The molecule has 9 rings (SSSR count). The van der Waals surface area contributed by atoms with Crippen LogP contribution in [0.15, 0.2) is 90.5 Å². The van der Waals surface area contributed by atoms with Crippen LogP contribution in [0.1, 0.15) is 82.6 Å². The summed E-state index contributed by atoms with van der Waals surface area (Å²) in [5, 5.41) is 2.11. The van der Waals surface area contributed by atoms with Crippen LogP contribution >= 0.6 is 0 Å². The van der Waals surface area contributed by atoms with E-state index in [1.807, 2.05) is 12.1 Å². The second kappa shape index (κ2) is 12.5. The first-order valence-electron chi connectivity index (χ1n) is 19.5. The van der Waals surface area contributed by atoms with E-state index in [1.54, 1.807) is 21.3 Å². The van der Waals surface area contributed by atoms with Gasteiger partial charge in [-0.1, -0.05) is 95.3 Å². The van der Waals surface area contributed by atoms with Crippen molar-refractivity contribution in [3.8, 4) is 34.1 Å². The van der Waals surface area contributed by atoms with Crippen molar-refractivity contribution < 1.29 is 28.4 Å². The van der Waals surface area contributed by atoms with Crippen LogP contribution in [0, 0.1) is 16.7 Å². The summed E-state index contributed by atoms with van der Waals surface area (Å²) in [7, 11) is 5.17. The third-order valence-electron chi connectivity index (χ3n) is 12.6. The number of hydrogen-bond donors (Lipinski definition) is 0. The molecule has 280 valence electrons. The molecular formula is C48H52O6. The lowest BCUT2D eigenvalue weighted by molar-refractivity contribution is -0.0564. The molecule has 1 spiro atoms. The van der Waals surface area contributed by atoms with Gasteiger partial charge in [0.15, 0.2) is 17.1 Å². The SMILES string of the molecule is COc1ccc(C2(C3=CC(C)C(OC)C=C3)C=Cc3c4c(c5cc6c(cc5c3O2)OCCC(OC)O6)-c2ccccc2C42CC(C)(C)CC(C)(C)C2)cc1. The fourth-order valence-corrected chi connectivity index (χ4v) is 11.2. The zero-order chi connectivity index (χ0) is 37.6. The number of hydrogen-bond acceptors (Lipinski definition) is 6. The number of ether oxygens (including phenoxy) is 6. The Labute approximate surface area is 319 Å². The smallest absolute Gasteiger partial charge is 0.203 e. The quantitative estimate of drug-likeness (QED) is 0.204. The minimum atomic E-state index is -0.918. The predicted molar refractivity (Wildman–Crippen MR) is 215 cm³/mol. The molecule has 1 fully saturated rings. The average molecular weight is 725 g/mol. The highest BCUT2D eigenvalue weighted by molar-refractivity contribution is 6.09. The maximum atomic E-state index is 7.77. The van der Waals surface area contributed by atoms with Crippen LogP contribution in [-0.4, -0.2) is 40.3 Å². The van der Waals surface area contributed by atoms with Crippen molar-refractivity contribution in [3.05, 3.63) is 113 Å². The maximum absolute atomic E-state index is 7.77. The molecule has 3 aliphatic carbocycles. The monoisotopic (exact) mass is 724 g/mol. The molecule has 4 atom stereocenters. The second-order valence-electron chi connectivity index (χ2n) is 17.7. The van der Waals surface area contributed by atoms with Crippen molar-refractivity contribution in [2.24, 2.45) is 16.7 Å². The van der Waals surface area contributed by atoms with Crippen LogP contribution in [0.4, 0.5) is 0 Å². The molecule has 4 aromatic carbocycles. The number of benzene rings is 4.